The first-order valence-corrected chi connectivity index (χ1v) is 11.1. The summed E-state index contributed by atoms with van der Waals surface area (Å²) in [6.45, 7) is 4.26. The van der Waals surface area contributed by atoms with E-state index in [1.165, 1.54) is 0 Å². The summed E-state index contributed by atoms with van der Waals surface area (Å²) in [5, 5.41) is 4.26. The van der Waals surface area contributed by atoms with Gasteiger partial charge in [0.15, 0.2) is 0 Å². The lowest BCUT2D eigenvalue weighted by molar-refractivity contribution is -0.134. The number of aryl methyl sites for hydroxylation is 1. The fourth-order valence-corrected chi connectivity index (χ4v) is 4.22. The van der Waals surface area contributed by atoms with Gasteiger partial charge in [0.2, 0.25) is 5.91 Å². The minimum absolute atomic E-state index is 0.117. The number of hydrogen-bond acceptors (Lipinski definition) is 4. The Balaban J connectivity index is 1.53. The van der Waals surface area contributed by atoms with Crippen LogP contribution in [0.2, 0.25) is 0 Å². The van der Waals surface area contributed by atoms with E-state index < -0.39 is 0 Å². The van der Waals surface area contributed by atoms with Crippen molar-refractivity contribution in [2.45, 2.75) is 19.8 Å². The van der Waals surface area contributed by atoms with Crippen LogP contribution in [-0.2, 0) is 18.3 Å². The first kappa shape index (κ1) is 21.7. The maximum absolute atomic E-state index is 13.3. The van der Waals surface area contributed by atoms with Crippen LogP contribution in [0.15, 0.2) is 61.1 Å². The Morgan fingerprint density at radius 3 is 2.56 bits per heavy atom. The van der Waals surface area contributed by atoms with E-state index in [1.807, 2.05) is 23.2 Å². The molecule has 7 heteroatoms. The lowest BCUT2D eigenvalue weighted by Gasteiger charge is -2.23. The predicted molar refractivity (Wildman–Crippen MR) is 123 cm³/mol. The summed E-state index contributed by atoms with van der Waals surface area (Å²) in [5.41, 5.74) is 3.66. The van der Waals surface area contributed by atoms with Crippen molar-refractivity contribution in [3.63, 3.8) is 0 Å². The molecule has 3 aromatic rings. The van der Waals surface area contributed by atoms with Crippen molar-refractivity contribution < 1.29 is 9.59 Å². The highest BCUT2D eigenvalue weighted by Gasteiger charge is 2.32. The molecule has 1 saturated heterocycles. The molecule has 0 unspecified atom stereocenters. The van der Waals surface area contributed by atoms with Crippen molar-refractivity contribution in [2.75, 3.05) is 26.2 Å². The molecule has 0 aliphatic carbocycles. The van der Waals surface area contributed by atoms with Crippen LogP contribution in [-0.4, -0.2) is 62.6 Å². The number of hydrogen-bond donors (Lipinski definition) is 0. The molecular weight excluding hydrogens is 402 g/mol. The molecule has 166 valence electrons. The smallest absolute Gasteiger partial charge is 0.274 e. The van der Waals surface area contributed by atoms with Gasteiger partial charge in [-0.05, 0) is 41.7 Å². The lowest BCUT2D eigenvalue weighted by Crippen LogP contribution is -2.38. The number of aromatic nitrogens is 3. The normalized spacial score (nSPS) is 16.8. The van der Waals surface area contributed by atoms with Crippen molar-refractivity contribution in [1.29, 1.82) is 0 Å². The zero-order valence-corrected chi connectivity index (χ0v) is 18.6. The third kappa shape index (κ3) is 4.88. The van der Waals surface area contributed by atoms with Gasteiger partial charge >= 0.3 is 0 Å². The fourth-order valence-electron chi connectivity index (χ4n) is 4.22. The largest absolute Gasteiger partial charge is 0.341 e. The maximum atomic E-state index is 13.3. The van der Waals surface area contributed by atoms with Crippen molar-refractivity contribution in [3.8, 4) is 11.1 Å². The van der Waals surface area contributed by atoms with Crippen LogP contribution in [0.3, 0.4) is 0 Å². The second-order valence-corrected chi connectivity index (χ2v) is 8.29. The molecule has 4 rings (SSSR count). The second kappa shape index (κ2) is 9.77. The van der Waals surface area contributed by atoms with Crippen LogP contribution in [0.1, 0.15) is 29.4 Å². The SMILES string of the molecule is CCCN1CCN(C(=O)c2ccn(C)n2)C[C@@H](Cc2ccc(-c3cccnc3)cc2)C1=O. The number of rotatable bonds is 6. The van der Waals surface area contributed by atoms with Gasteiger partial charge in [-0.15, -0.1) is 0 Å². The summed E-state index contributed by atoms with van der Waals surface area (Å²) in [7, 11) is 1.80. The molecule has 2 aromatic heterocycles. The molecule has 1 aliphatic rings. The van der Waals surface area contributed by atoms with Gasteiger partial charge in [-0.1, -0.05) is 37.3 Å². The van der Waals surface area contributed by atoms with Crippen LogP contribution >= 0.6 is 0 Å². The molecule has 1 aliphatic heterocycles. The molecule has 0 bridgehead atoms. The first-order chi connectivity index (χ1) is 15.5. The Hall–Kier alpha value is -3.48. The summed E-state index contributed by atoms with van der Waals surface area (Å²) < 4.78 is 1.63. The average molecular weight is 432 g/mol. The van der Waals surface area contributed by atoms with Gasteiger partial charge < -0.3 is 9.80 Å². The van der Waals surface area contributed by atoms with Gasteiger partial charge in [-0.25, -0.2) is 0 Å². The number of amides is 2. The van der Waals surface area contributed by atoms with E-state index in [4.69, 9.17) is 0 Å². The topological polar surface area (TPSA) is 71.3 Å². The summed E-state index contributed by atoms with van der Waals surface area (Å²) in [5.74, 6) is -0.269. The zero-order valence-electron chi connectivity index (χ0n) is 18.6. The fraction of sp³-hybridized carbons (Fsp3) is 0.360. The van der Waals surface area contributed by atoms with E-state index in [9.17, 15) is 9.59 Å². The van der Waals surface area contributed by atoms with Gasteiger partial charge in [0.1, 0.15) is 5.69 Å². The van der Waals surface area contributed by atoms with E-state index in [0.29, 0.717) is 38.3 Å². The van der Waals surface area contributed by atoms with Crippen LogP contribution < -0.4 is 0 Å². The Morgan fingerprint density at radius 2 is 1.91 bits per heavy atom. The standard InChI is InChI=1S/C25H29N5O2/c1-3-12-29-14-15-30(25(32)23-10-13-28(2)27-23)18-22(24(29)31)16-19-6-8-20(9-7-19)21-5-4-11-26-17-21/h4-11,13,17,22H,3,12,14-16,18H2,1-2H3/t22-/m1/s1. The minimum atomic E-state index is -0.277. The third-order valence-electron chi connectivity index (χ3n) is 5.89. The van der Waals surface area contributed by atoms with E-state index in [1.54, 1.807) is 35.1 Å². The molecule has 0 radical (unpaired) electrons. The molecule has 32 heavy (non-hydrogen) atoms. The summed E-state index contributed by atoms with van der Waals surface area (Å²) >= 11 is 0. The Labute approximate surface area is 188 Å². The molecule has 1 atom stereocenters. The maximum Gasteiger partial charge on any atom is 0.274 e. The molecule has 0 saturated carbocycles. The van der Waals surface area contributed by atoms with Crippen molar-refractivity contribution in [1.82, 2.24) is 24.6 Å². The van der Waals surface area contributed by atoms with Crippen LogP contribution in [0.25, 0.3) is 11.1 Å². The summed E-state index contributed by atoms with van der Waals surface area (Å²) in [6.07, 6.45) is 6.86. The Kier molecular flexibility index (Phi) is 6.63. The highest BCUT2D eigenvalue weighted by Crippen LogP contribution is 2.22. The Bertz CT molecular complexity index is 1060. The van der Waals surface area contributed by atoms with Gasteiger partial charge in [-0.3, -0.25) is 19.3 Å². The highest BCUT2D eigenvalue weighted by atomic mass is 16.2. The number of benzene rings is 1. The quantitative estimate of drug-likeness (QED) is 0.602. The van der Waals surface area contributed by atoms with Crippen LogP contribution in [0.4, 0.5) is 0 Å². The number of carbonyl (C=O) groups is 2. The van der Waals surface area contributed by atoms with E-state index in [0.717, 1.165) is 23.1 Å². The lowest BCUT2D eigenvalue weighted by atomic mass is 9.96. The predicted octanol–water partition coefficient (Wildman–Crippen LogP) is 3.04. The van der Waals surface area contributed by atoms with Gasteiger partial charge in [-0.2, -0.15) is 5.10 Å². The molecule has 0 N–H and O–H groups in total. The minimum Gasteiger partial charge on any atom is -0.341 e. The molecule has 1 aromatic carbocycles. The van der Waals surface area contributed by atoms with Crippen LogP contribution in [0, 0.1) is 5.92 Å². The third-order valence-corrected chi connectivity index (χ3v) is 5.89. The molecule has 7 nitrogen and oxygen atoms in total. The van der Waals surface area contributed by atoms with Crippen LogP contribution in [0.5, 0.6) is 0 Å². The average Bonchev–Trinajstić information content (AvgIpc) is 3.20. The Morgan fingerprint density at radius 1 is 1.09 bits per heavy atom. The molecular formula is C25H29N5O2. The molecule has 2 amide bonds. The van der Waals surface area contributed by atoms with Crippen molar-refractivity contribution in [2.24, 2.45) is 13.0 Å². The molecule has 1 fully saturated rings. The zero-order chi connectivity index (χ0) is 22.5. The second-order valence-electron chi connectivity index (χ2n) is 8.29. The monoisotopic (exact) mass is 431 g/mol. The number of pyridine rings is 1. The summed E-state index contributed by atoms with van der Waals surface area (Å²) in [6, 6.07) is 13.9. The first-order valence-electron chi connectivity index (χ1n) is 11.1. The van der Waals surface area contributed by atoms with E-state index in [-0.39, 0.29) is 17.7 Å². The van der Waals surface area contributed by atoms with Crippen molar-refractivity contribution in [3.05, 3.63) is 72.3 Å². The van der Waals surface area contributed by atoms with Gasteiger partial charge in [0, 0.05) is 51.8 Å². The van der Waals surface area contributed by atoms with E-state index in [2.05, 4.69) is 41.3 Å². The molecule has 3 heterocycles. The van der Waals surface area contributed by atoms with Crippen molar-refractivity contribution >= 4 is 11.8 Å². The number of carbonyl (C=O) groups excluding carboxylic acids is 2. The highest BCUT2D eigenvalue weighted by molar-refractivity contribution is 5.93. The van der Waals surface area contributed by atoms with E-state index >= 15 is 0 Å². The molecule has 0 spiro atoms. The van der Waals surface area contributed by atoms with Gasteiger partial charge in [0.05, 0.1) is 5.92 Å². The number of nitrogens with zero attached hydrogens (tertiary/aromatic N) is 5. The van der Waals surface area contributed by atoms with Gasteiger partial charge in [0.25, 0.3) is 5.91 Å². The summed E-state index contributed by atoms with van der Waals surface area (Å²) in [4.78, 5) is 34.2.